The molecule has 2 heteroatoms. The van der Waals surface area contributed by atoms with Crippen LogP contribution >= 0.6 is 0 Å². The second-order valence-electron chi connectivity index (χ2n) is 4.04. The summed E-state index contributed by atoms with van der Waals surface area (Å²) in [5.41, 5.74) is 1.65. The number of Topliss-reactive ketones (excluding diaryl/α,β-unsaturated/α-hetero) is 1. The molecule has 1 aromatic rings. The van der Waals surface area contributed by atoms with Crippen LogP contribution in [0.15, 0.2) is 18.3 Å². The average Bonchev–Trinajstić information content (AvgIpc) is 2.98. The highest BCUT2D eigenvalue weighted by atomic mass is 16.1. The second kappa shape index (κ2) is 3.91. The molecule has 0 aliphatic heterocycles. The predicted octanol–water partition coefficient (Wildman–Crippen LogP) is 2.76. The van der Waals surface area contributed by atoms with Crippen molar-refractivity contribution in [2.45, 2.75) is 32.6 Å². The summed E-state index contributed by atoms with van der Waals surface area (Å²) in [6.45, 7) is 1.89. The van der Waals surface area contributed by atoms with Crippen molar-refractivity contribution in [1.82, 2.24) is 4.98 Å². The number of carbonyl (C=O) groups is 1. The quantitative estimate of drug-likeness (QED) is 0.682. The van der Waals surface area contributed by atoms with E-state index in [1.807, 2.05) is 19.1 Å². The summed E-state index contributed by atoms with van der Waals surface area (Å²) in [5.74, 6) is 1.08. The molecule has 14 heavy (non-hydrogen) atoms. The maximum absolute atomic E-state index is 11.8. The molecule has 0 amide bonds. The van der Waals surface area contributed by atoms with Gasteiger partial charge in [0.15, 0.2) is 5.78 Å². The van der Waals surface area contributed by atoms with Crippen molar-refractivity contribution in [3.63, 3.8) is 0 Å². The molecule has 74 valence electrons. The summed E-state index contributed by atoms with van der Waals surface area (Å²) in [7, 11) is 0. The van der Waals surface area contributed by atoms with Crippen LogP contribution in [0.5, 0.6) is 0 Å². The molecule has 1 fully saturated rings. The first-order valence-corrected chi connectivity index (χ1v) is 5.22. The third kappa shape index (κ3) is 2.19. The highest BCUT2D eigenvalue weighted by Crippen LogP contribution is 2.33. The lowest BCUT2D eigenvalue weighted by Crippen LogP contribution is -2.03. The number of hydrogen-bond donors (Lipinski definition) is 0. The number of ketones is 1. The average molecular weight is 189 g/mol. The van der Waals surface area contributed by atoms with Crippen LogP contribution in [0.25, 0.3) is 0 Å². The lowest BCUT2D eigenvalue weighted by Gasteiger charge is -2.02. The van der Waals surface area contributed by atoms with E-state index in [0.29, 0.717) is 6.42 Å². The van der Waals surface area contributed by atoms with E-state index in [0.717, 1.165) is 23.6 Å². The molecule has 1 aliphatic rings. The van der Waals surface area contributed by atoms with Gasteiger partial charge >= 0.3 is 0 Å². The van der Waals surface area contributed by atoms with Crippen molar-refractivity contribution in [3.8, 4) is 0 Å². The van der Waals surface area contributed by atoms with Crippen molar-refractivity contribution < 1.29 is 4.79 Å². The molecule has 1 saturated carbocycles. The summed E-state index contributed by atoms with van der Waals surface area (Å²) >= 11 is 0. The molecule has 0 radical (unpaired) electrons. The van der Waals surface area contributed by atoms with Gasteiger partial charge in [0.2, 0.25) is 0 Å². The molecular formula is C12H15NO. The molecule has 0 saturated heterocycles. The second-order valence-corrected chi connectivity index (χ2v) is 4.04. The molecule has 2 rings (SSSR count). The molecular weight excluding hydrogens is 174 g/mol. The standard InChI is InChI=1S/C12H15NO/c1-9-11(3-2-8-13-9)12(14)7-6-10-4-5-10/h2-3,8,10H,4-7H2,1H3. The van der Waals surface area contributed by atoms with Crippen molar-refractivity contribution in [2.24, 2.45) is 5.92 Å². The molecule has 1 heterocycles. The fraction of sp³-hybridized carbons (Fsp3) is 0.500. The molecule has 0 aromatic carbocycles. The van der Waals surface area contributed by atoms with Gasteiger partial charge in [0.25, 0.3) is 0 Å². The first-order chi connectivity index (χ1) is 6.77. The van der Waals surface area contributed by atoms with Gasteiger partial charge in [0.1, 0.15) is 0 Å². The minimum atomic E-state index is 0.252. The molecule has 0 unspecified atom stereocenters. The summed E-state index contributed by atoms with van der Waals surface area (Å²) in [4.78, 5) is 15.9. The molecule has 0 spiro atoms. The minimum absolute atomic E-state index is 0.252. The summed E-state index contributed by atoms with van der Waals surface area (Å²) in [6, 6.07) is 3.70. The van der Waals surface area contributed by atoms with E-state index < -0.39 is 0 Å². The Bertz CT molecular complexity index is 342. The minimum Gasteiger partial charge on any atom is -0.294 e. The van der Waals surface area contributed by atoms with Gasteiger partial charge in [-0.05, 0) is 31.4 Å². The number of aryl methyl sites for hydroxylation is 1. The van der Waals surface area contributed by atoms with Crippen LogP contribution in [-0.4, -0.2) is 10.8 Å². The highest BCUT2D eigenvalue weighted by Gasteiger charge is 2.22. The SMILES string of the molecule is Cc1ncccc1C(=O)CCC1CC1. The zero-order valence-electron chi connectivity index (χ0n) is 8.49. The van der Waals surface area contributed by atoms with Crippen LogP contribution in [0.3, 0.4) is 0 Å². The van der Waals surface area contributed by atoms with E-state index in [4.69, 9.17) is 0 Å². The van der Waals surface area contributed by atoms with Gasteiger partial charge in [0, 0.05) is 23.9 Å². The molecule has 0 bridgehead atoms. The predicted molar refractivity (Wildman–Crippen MR) is 55.3 cm³/mol. The van der Waals surface area contributed by atoms with Gasteiger partial charge in [-0.1, -0.05) is 12.8 Å². The molecule has 0 atom stereocenters. The van der Waals surface area contributed by atoms with Gasteiger partial charge < -0.3 is 0 Å². The van der Waals surface area contributed by atoms with Crippen molar-refractivity contribution in [1.29, 1.82) is 0 Å². The van der Waals surface area contributed by atoms with Crippen LogP contribution in [-0.2, 0) is 0 Å². The highest BCUT2D eigenvalue weighted by molar-refractivity contribution is 5.96. The fourth-order valence-electron chi connectivity index (χ4n) is 1.66. The molecule has 1 aliphatic carbocycles. The Hall–Kier alpha value is -1.18. The van der Waals surface area contributed by atoms with E-state index in [2.05, 4.69) is 4.98 Å². The van der Waals surface area contributed by atoms with Gasteiger partial charge in [-0.2, -0.15) is 0 Å². The first kappa shape index (κ1) is 9.38. The van der Waals surface area contributed by atoms with E-state index in [1.165, 1.54) is 12.8 Å². The van der Waals surface area contributed by atoms with Crippen LogP contribution in [0, 0.1) is 12.8 Å². The number of pyridine rings is 1. The zero-order chi connectivity index (χ0) is 9.97. The number of nitrogens with zero attached hydrogens (tertiary/aromatic N) is 1. The summed E-state index contributed by atoms with van der Waals surface area (Å²) in [6.07, 6.45) is 6.12. The lowest BCUT2D eigenvalue weighted by molar-refractivity contribution is 0.0977. The third-order valence-electron chi connectivity index (χ3n) is 2.78. The van der Waals surface area contributed by atoms with Gasteiger partial charge in [0.05, 0.1) is 0 Å². The lowest BCUT2D eigenvalue weighted by atomic mass is 10.0. The Balaban J connectivity index is 1.98. The topological polar surface area (TPSA) is 30.0 Å². The van der Waals surface area contributed by atoms with Crippen LogP contribution < -0.4 is 0 Å². The fourth-order valence-corrected chi connectivity index (χ4v) is 1.66. The zero-order valence-corrected chi connectivity index (χ0v) is 8.49. The smallest absolute Gasteiger partial charge is 0.164 e. The van der Waals surface area contributed by atoms with Gasteiger partial charge in [-0.25, -0.2) is 0 Å². The molecule has 2 nitrogen and oxygen atoms in total. The Morgan fingerprint density at radius 3 is 3.00 bits per heavy atom. The molecule has 1 aromatic heterocycles. The van der Waals surface area contributed by atoms with Crippen LogP contribution in [0.4, 0.5) is 0 Å². The van der Waals surface area contributed by atoms with Crippen molar-refractivity contribution in [3.05, 3.63) is 29.6 Å². The number of hydrogen-bond acceptors (Lipinski definition) is 2. The summed E-state index contributed by atoms with van der Waals surface area (Å²) < 4.78 is 0. The van der Waals surface area contributed by atoms with E-state index in [-0.39, 0.29) is 5.78 Å². The van der Waals surface area contributed by atoms with Crippen LogP contribution in [0.2, 0.25) is 0 Å². The van der Waals surface area contributed by atoms with Gasteiger partial charge in [-0.3, -0.25) is 9.78 Å². The maximum atomic E-state index is 11.8. The Morgan fingerprint density at radius 1 is 1.57 bits per heavy atom. The number of rotatable bonds is 4. The Kier molecular flexibility index (Phi) is 2.62. The van der Waals surface area contributed by atoms with E-state index in [9.17, 15) is 4.79 Å². The monoisotopic (exact) mass is 189 g/mol. The van der Waals surface area contributed by atoms with E-state index >= 15 is 0 Å². The maximum Gasteiger partial charge on any atom is 0.164 e. The van der Waals surface area contributed by atoms with Crippen LogP contribution in [0.1, 0.15) is 41.7 Å². The normalized spacial score (nSPS) is 15.5. The Labute approximate surface area is 84.4 Å². The number of aromatic nitrogens is 1. The van der Waals surface area contributed by atoms with Crippen molar-refractivity contribution in [2.75, 3.05) is 0 Å². The largest absolute Gasteiger partial charge is 0.294 e. The third-order valence-corrected chi connectivity index (χ3v) is 2.78. The first-order valence-electron chi connectivity index (χ1n) is 5.22. The van der Waals surface area contributed by atoms with Crippen molar-refractivity contribution >= 4 is 5.78 Å². The summed E-state index contributed by atoms with van der Waals surface area (Å²) in [5, 5.41) is 0. The van der Waals surface area contributed by atoms with E-state index in [1.54, 1.807) is 6.20 Å². The molecule has 0 N–H and O–H groups in total. The number of carbonyl (C=O) groups excluding carboxylic acids is 1. The van der Waals surface area contributed by atoms with Gasteiger partial charge in [-0.15, -0.1) is 0 Å². The Morgan fingerprint density at radius 2 is 2.36 bits per heavy atom.